The number of phenolic OH excluding ortho intramolecular Hbond substituents is 1. The zero-order valence-corrected chi connectivity index (χ0v) is 16.2. The molecule has 4 rings (SSSR count). The van der Waals surface area contributed by atoms with Crippen molar-refractivity contribution in [3.8, 4) is 5.75 Å². The average Bonchev–Trinajstić information content (AvgIpc) is 3.06. The zero-order chi connectivity index (χ0) is 20.6. The Balaban J connectivity index is 1.74. The molecule has 0 fully saturated rings. The van der Waals surface area contributed by atoms with Crippen molar-refractivity contribution in [3.63, 3.8) is 0 Å². The number of aromatic hydroxyl groups is 1. The minimum Gasteiger partial charge on any atom is -0.508 e. The van der Waals surface area contributed by atoms with Gasteiger partial charge in [-0.05, 0) is 49.2 Å². The van der Waals surface area contributed by atoms with Crippen molar-refractivity contribution in [1.82, 2.24) is 9.47 Å². The van der Waals surface area contributed by atoms with E-state index in [1.54, 1.807) is 18.2 Å². The molecule has 0 saturated heterocycles. The van der Waals surface area contributed by atoms with Gasteiger partial charge in [0, 0.05) is 37.1 Å². The summed E-state index contributed by atoms with van der Waals surface area (Å²) >= 11 is 0. The molecule has 6 heteroatoms. The van der Waals surface area contributed by atoms with Crippen LogP contribution in [0, 0.1) is 6.92 Å². The second kappa shape index (κ2) is 7.59. The molecule has 0 aliphatic carbocycles. The number of hydrogen-bond donors (Lipinski definition) is 1. The van der Waals surface area contributed by atoms with Gasteiger partial charge in [0.2, 0.25) is 0 Å². The minimum atomic E-state index is -4.35. The van der Waals surface area contributed by atoms with E-state index >= 15 is 0 Å². The van der Waals surface area contributed by atoms with Gasteiger partial charge >= 0.3 is 6.18 Å². The van der Waals surface area contributed by atoms with Crippen molar-refractivity contribution < 1.29 is 18.3 Å². The van der Waals surface area contributed by atoms with Gasteiger partial charge in [-0.3, -0.25) is 4.90 Å². The molecule has 0 spiro atoms. The van der Waals surface area contributed by atoms with E-state index in [-0.39, 0.29) is 11.8 Å². The van der Waals surface area contributed by atoms with Crippen LogP contribution in [0.5, 0.6) is 5.75 Å². The fourth-order valence-electron chi connectivity index (χ4n) is 4.11. The highest BCUT2D eigenvalue weighted by atomic mass is 19.4. The van der Waals surface area contributed by atoms with Crippen LogP contribution in [0.4, 0.5) is 13.2 Å². The SMILES string of the molecule is Cc1ccc(O)c(CN2CCCn3cccc3[C@H]2c2ccc(C(F)(F)F)cc2)c1. The van der Waals surface area contributed by atoms with Gasteiger partial charge < -0.3 is 9.67 Å². The topological polar surface area (TPSA) is 28.4 Å². The van der Waals surface area contributed by atoms with E-state index in [4.69, 9.17) is 0 Å². The first kappa shape index (κ1) is 19.6. The third kappa shape index (κ3) is 4.03. The van der Waals surface area contributed by atoms with E-state index in [2.05, 4.69) is 9.47 Å². The highest BCUT2D eigenvalue weighted by Gasteiger charge is 2.32. The number of phenols is 1. The van der Waals surface area contributed by atoms with E-state index in [1.165, 1.54) is 0 Å². The van der Waals surface area contributed by atoms with Gasteiger partial charge in [0.05, 0.1) is 11.6 Å². The smallest absolute Gasteiger partial charge is 0.416 e. The molecule has 0 radical (unpaired) electrons. The fourth-order valence-corrected chi connectivity index (χ4v) is 4.11. The van der Waals surface area contributed by atoms with E-state index < -0.39 is 11.7 Å². The molecular formula is C23H23F3N2O. The second-order valence-electron chi connectivity index (χ2n) is 7.60. The highest BCUT2D eigenvalue weighted by molar-refractivity contribution is 5.37. The fraction of sp³-hybridized carbons (Fsp3) is 0.304. The Labute approximate surface area is 168 Å². The molecule has 1 aromatic heterocycles. The number of nitrogens with zero attached hydrogens (tertiary/aromatic N) is 2. The summed E-state index contributed by atoms with van der Waals surface area (Å²) in [6, 6.07) is 14.8. The Kier molecular flexibility index (Phi) is 5.13. The van der Waals surface area contributed by atoms with E-state index in [0.717, 1.165) is 54.0 Å². The Morgan fingerprint density at radius 3 is 2.52 bits per heavy atom. The summed E-state index contributed by atoms with van der Waals surface area (Å²) in [5, 5.41) is 10.3. The molecule has 29 heavy (non-hydrogen) atoms. The molecule has 0 amide bonds. The van der Waals surface area contributed by atoms with Crippen LogP contribution in [-0.2, 0) is 19.3 Å². The Hall–Kier alpha value is -2.73. The van der Waals surface area contributed by atoms with Gasteiger partial charge in [-0.15, -0.1) is 0 Å². The molecular weight excluding hydrogens is 377 g/mol. The number of aromatic nitrogens is 1. The van der Waals surface area contributed by atoms with Crippen LogP contribution in [0.2, 0.25) is 0 Å². The van der Waals surface area contributed by atoms with Gasteiger partial charge in [0.15, 0.2) is 0 Å². The standard InChI is InChI=1S/C23H23F3N2O/c1-16-5-10-21(29)18(14-16)15-28-13-3-12-27-11-2-4-20(27)22(28)17-6-8-19(9-7-17)23(24,25)26/h2,4-11,14,22,29H,3,12-13,15H2,1H3/t22-/m1/s1. The number of fused-ring (bicyclic) bond motifs is 1. The molecule has 1 atom stereocenters. The van der Waals surface area contributed by atoms with Crippen LogP contribution in [0.25, 0.3) is 0 Å². The Morgan fingerprint density at radius 1 is 1.03 bits per heavy atom. The van der Waals surface area contributed by atoms with Crippen molar-refractivity contribution in [2.24, 2.45) is 0 Å². The Morgan fingerprint density at radius 2 is 1.79 bits per heavy atom. The predicted octanol–water partition coefficient (Wildman–Crippen LogP) is 5.52. The summed E-state index contributed by atoms with van der Waals surface area (Å²) < 4.78 is 41.2. The summed E-state index contributed by atoms with van der Waals surface area (Å²) in [6.45, 7) is 4.13. The first-order valence-corrected chi connectivity index (χ1v) is 9.67. The first-order valence-electron chi connectivity index (χ1n) is 9.67. The maximum absolute atomic E-state index is 13.0. The summed E-state index contributed by atoms with van der Waals surface area (Å²) in [7, 11) is 0. The molecule has 2 heterocycles. The second-order valence-corrected chi connectivity index (χ2v) is 7.60. The molecule has 1 aliphatic heterocycles. The van der Waals surface area contributed by atoms with Crippen molar-refractivity contribution >= 4 is 0 Å². The van der Waals surface area contributed by atoms with E-state index in [0.29, 0.717) is 6.54 Å². The van der Waals surface area contributed by atoms with Crippen LogP contribution in [0.15, 0.2) is 60.8 Å². The summed E-state index contributed by atoms with van der Waals surface area (Å²) in [5.41, 5.74) is 3.10. The molecule has 0 unspecified atom stereocenters. The third-order valence-electron chi connectivity index (χ3n) is 5.52. The molecule has 3 aromatic rings. The van der Waals surface area contributed by atoms with Gasteiger partial charge in [-0.25, -0.2) is 0 Å². The van der Waals surface area contributed by atoms with Crippen LogP contribution < -0.4 is 0 Å². The number of halogens is 3. The maximum atomic E-state index is 13.0. The van der Waals surface area contributed by atoms with Crippen molar-refractivity contribution in [3.05, 3.63) is 88.7 Å². The van der Waals surface area contributed by atoms with Crippen LogP contribution >= 0.6 is 0 Å². The van der Waals surface area contributed by atoms with Gasteiger partial charge in [-0.2, -0.15) is 13.2 Å². The molecule has 152 valence electrons. The van der Waals surface area contributed by atoms with Crippen LogP contribution in [0.1, 0.15) is 40.4 Å². The third-order valence-corrected chi connectivity index (χ3v) is 5.52. The summed E-state index contributed by atoms with van der Waals surface area (Å²) in [5.74, 6) is 0.237. The molecule has 3 nitrogen and oxygen atoms in total. The van der Waals surface area contributed by atoms with Crippen LogP contribution in [0.3, 0.4) is 0 Å². The molecule has 1 aliphatic rings. The number of aryl methyl sites for hydroxylation is 2. The van der Waals surface area contributed by atoms with Crippen LogP contribution in [-0.4, -0.2) is 21.1 Å². The van der Waals surface area contributed by atoms with E-state index in [9.17, 15) is 18.3 Å². The van der Waals surface area contributed by atoms with Crippen molar-refractivity contribution in [2.45, 2.75) is 38.7 Å². The summed E-state index contributed by atoms with van der Waals surface area (Å²) in [4.78, 5) is 2.23. The average molecular weight is 400 g/mol. The molecule has 2 aromatic carbocycles. The zero-order valence-electron chi connectivity index (χ0n) is 16.2. The first-order chi connectivity index (χ1) is 13.8. The Bertz CT molecular complexity index is 992. The summed E-state index contributed by atoms with van der Waals surface area (Å²) in [6.07, 6.45) is -1.42. The highest BCUT2D eigenvalue weighted by Crippen LogP contribution is 2.36. The monoisotopic (exact) mass is 400 g/mol. The normalized spacial score (nSPS) is 17.7. The quantitative estimate of drug-likeness (QED) is 0.627. The van der Waals surface area contributed by atoms with Gasteiger partial charge in [-0.1, -0.05) is 29.8 Å². The lowest BCUT2D eigenvalue weighted by Gasteiger charge is -2.31. The molecule has 1 N–H and O–H groups in total. The largest absolute Gasteiger partial charge is 0.508 e. The lowest BCUT2D eigenvalue weighted by Crippen LogP contribution is -2.29. The number of alkyl halides is 3. The lowest BCUT2D eigenvalue weighted by molar-refractivity contribution is -0.137. The molecule has 0 saturated carbocycles. The van der Waals surface area contributed by atoms with Gasteiger partial charge in [0.1, 0.15) is 5.75 Å². The lowest BCUT2D eigenvalue weighted by atomic mass is 9.99. The minimum absolute atomic E-state index is 0.185. The number of rotatable bonds is 3. The predicted molar refractivity (Wildman–Crippen MR) is 106 cm³/mol. The van der Waals surface area contributed by atoms with E-state index in [1.807, 2.05) is 37.4 Å². The number of hydrogen-bond acceptors (Lipinski definition) is 2. The molecule has 0 bridgehead atoms. The maximum Gasteiger partial charge on any atom is 0.416 e. The van der Waals surface area contributed by atoms with Crippen molar-refractivity contribution in [2.75, 3.05) is 6.54 Å². The van der Waals surface area contributed by atoms with Gasteiger partial charge in [0.25, 0.3) is 0 Å². The van der Waals surface area contributed by atoms with Crippen molar-refractivity contribution in [1.29, 1.82) is 0 Å². The number of benzene rings is 2.